The molecule has 0 saturated carbocycles. The van der Waals surface area contributed by atoms with Crippen LogP contribution in [0.3, 0.4) is 0 Å². The van der Waals surface area contributed by atoms with Crippen molar-refractivity contribution in [2.24, 2.45) is 12.8 Å². The van der Waals surface area contributed by atoms with E-state index in [-0.39, 0.29) is 27.4 Å². The number of carbonyl (C=O) groups excluding carboxylic acids is 1. The number of carbonyl (C=O) groups is 1. The standard InChI is InChI=1S/C14H12FN3O2S/c1-18-6-5-8(7-11(18)19)14(20)17-10-4-2-3-9(15)12(10)13(16)21/h2-7H,1H3,(H2,16,21)(H,17,20). The Morgan fingerprint density at radius 3 is 2.71 bits per heavy atom. The zero-order chi connectivity index (χ0) is 15.6. The predicted molar refractivity (Wildman–Crippen MR) is 81.9 cm³/mol. The average Bonchev–Trinajstić information content (AvgIpc) is 2.41. The van der Waals surface area contributed by atoms with Crippen LogP contribution in [0.5, 0.6) is 0 Å². The number of amides is 1. The third kappa shape index (κ3) is 3.14. The summed E-state index contributed by atoms with van der Waals surface area (Å²) in [6.07, 6.45) is 1.47. The Bertz CT molecular complexity index is 786. The summed E-state index contributed by atoms with van der Waals surface area (Å²) < 4.78 is 15.0. The highest BCUT2D eigenvalue weighted by atomic mass is 32.1. The second-order valence-electron chi connectivity index (χ2n) is 4.35. The molecule has 2 rings (SSSR count). The van der Waals surface area contributed by atoms with E-state index in [1.807, 2.05) is 0 Å². The van der Waals surface area contributed by atoms with Crippen LogP contribution in [-0.2, 0) is 7.05 Å². The Kier molecular flexibility index (Phi) is 4.13. The highest BCUT2D eigenvalue weighted by Gasteiger charge is 2.14. The number of thiocarbonyl (C=S) groups is 1. The lowest BCUT2D eigenvalue weighted by molar-refractivity contribution is 0.102. The number of pyridine rings is 1. The summed E-state index contributed by atoms with van der Waals surface area (Å²) in [5.41, 5.74) is 5.42. The molecule has 0 saturated heterocycles. The number of aryl methyl sites for hydroxylation is 1. The molecule has 0 fully saturated rings. The molecular formula is C14H12FN3O2S. The molecular weight excluding hydrogens is 293 g/mol. The van der Waals surface area contributed by atoms with Crippen LogP contribution in [0.2, 0.25) is 0 Å². The van der Waals surface area contributed by atoms with Gasteiger partial charge in [-0.1, -0.05) is 18.3 Å². The van der Waals surface area contributed by atoms with Crippen LogP contribution >= 0.6 is 12.2 Å². The van der Waals surface area contributed by atoms with Crippen molar-refractivity contribution in [1.82, 2.24) is 4.57 Å². The van der Waals surface area contributed by atoms with Gasteiger partial charge in [-0.15, -0.1) is 0 Å². The summed E-state index contributed by atoms with van der Waals surface area (Å²) in [5.74, 6) is -1.17. The summed E-state index contributed by atoms with van der Waals surface area (Å²) in [6.45, 7) is 0. The number of benzene rings is 1. The van der Waals surface area contributed by atoms with E-state index in [1.165, 1.54) is 41.1 Å². The highest BCUT2D eigenvalue weighted by Crippen LogP contribution is 2.19. The molecule has 1 heterocycles. The molecule has 5 nitrogen and oxygen atoms in total. The van der Waals surface area contributed by atoms with E-state index in [0.717, 1.165) is 0 Å². The van der Waals surface area contributed by atoms with E-state index in [2.05, 4.69) is 5.32 Å². The smallest absolute Gasteiger partial charge is 0.255 e. The molecule has 2 aromatic rings. The van der Waals surface area contributed by atoms with Crippen molar-refractivity contribution in [3.05, 3.63) is 63.8 Å². The molecule has 0 radical (unpaired) electrons. The molecule has 0 unspecified atom stereocenters. The number of hydrogen-bond acceptors (Lipinski definition) is 3. The first kappa shape index (κ1) is 14.9. The minimum atomic E-state index is -0.621. The molecule has 21 heavy (non-hydrogen) atoms. The first-order valence-electron chi connectivity index (χ1n) is 5.96. The van der Waals surface area contributed by atoms with Gasteiger partial charge in [-0.2, -0.15) is 0 Å². The summed E-state index contributed by atoms with van der Waals surface area (Å²) in [7, 11) is 1.57. The van der Waals surface area contributed by atoms with E-state index >= 15 is 0 Å². The molecule has 0 aliphatic rings. The molecule has 1 aromatic carbocycles. The zero-order valence-electron chi connectivity index (χ0n) is 11.1. The minimum Gasteiger partial charge on any atom is -0.389 e. The normalized spacial score (nSPS) is 10.2. The van der Waals surface area contributed by atoms with E-state index < -0.39 is 11.7 Å². The average molecular weight is 305 g/mol. The monoisotopic (exact) mass is 305 g/mol. The number of halogens is 1. The second kappa shape index (κ2) is 5.84. The van der Waals surface area contributed by atoms with Gasteiger partial charge < -0.3 is 15.6 Å². The fourth-order valence-electron chi connectivity index (χ4n) is 1.76. The van der Waals surface area contributed by atoms with Gasteiger partial charge in [0.15, 0.2) is 0 Å². The Morgan fingerprint density at radius 2 is 2.10 bits per heavy atom. The van der Waals surface area contributed by atoms with Crippen LogP contribution in [0, 0.1) is 5.82 Å². The minimum absolute atomic E-state index is 0.0373. The van der Waals surface area contributed by atoms with Gasteiger partial charge in [-0.05, 0) is 18.2 Å². The van der Waals surface area contributed by atoms with Gasteiger partial charge >= 0.3 is 0 Å². The van der Waals surface area contributed by atoms with E-state index in [1.54, 1.807) is 7.05 Å². The molecule has 1 aromatic heterocycles. The molecule has 0 atom stereocenters. The quantitative estimate of drug-likeness (QED) is 0.841. The van der Waals surface area contributed by atoms with Crippen molar-refractivity contribution in [3.8, 4) is 0 Å². The topological polar surface area (TPSA) is 77.1 Å². The van der Waals surface area contributed by atoms with Crippen LogP contribution in [0.1, 0.15) is 15.9 Å². The highest BCUT2D eigenvalue weighted by molar-refractivity contribution is 7.80. The van der Waals surface area contributed by atoms with Crippen molar-refractivity contribution in [2.75, 3.05) is 5.32 Å². The van der Waals surface area contributed by atoms with Gasteiger partial charge in [-0.3, -0.25) is 9.59 Å². The Hall–Kier alpha value is -2.54. The Labute approximate surface area is 125 Å². The fraction of sp³-hybridized carbons (Fsp3) is 0.0714. The largest absolute Gasteiger partial charge is 0.389 e. The van der Waals surface area contributed by atoms with Crippen molar-refractivity contribution >= 4 is 28.8 Å². The van der Waals surface area contributed by atoms with E-state index in [4.69, 9.17) is 18.0 Å². The van der Waals surface area contributed by atoms with Crippen molar-refractivity contribution in [1.29, 1.82) is 0 Å². The molecule has 7 heteroatoms. The maximum atomic E-state index is 13.7. The number of rotatable bonds is 3. The first-order chi connectivity index (χ1) is 9.90. The molecule has 0 spiro atoms. The van der Waals surface area contributed by atoms with E-state index in [0.29, 0.717) is 0 Å². The Balaban J connectivity index is 2.36. The van der Waals surface area contributed by atoms with Gasteiger partial charge in [0.2, 0.25) is 0 Å². The Morgan fingerprint density at radius 1 is 1.38 bits per heavy atom. The molecule has 108 valence electrons. The number of nitrogens with zero attached hydrogens (tertiary/aromatic N) is 1. The maximum Gasteiger partial charge on any atom is 0.255 e. The third-order valence-electron chi connectivity index (χ3n) is 2.87. The number of anilines is 1. The van der Waals surface area contributed by atoms with Crippen LogP contribution in [0.4, 0.5) is 10.1 Å². The lowest BCUT2D eigenvalue weighted by atomic mass is 10.1. The van der Waals surface area contributed by atoms with E-state index in [9.17, 15) is 14.0 Å². The maximum absolute atomic E-state index is 13.7. The van der Waals surface area contributed by atoms with Gasteiger partial charge in [-0.25, -0.2) is 4.39 Å². The van der Waals surface area contributed by atoms with Crippen LogP contribution in [0.25, 0.3) is 0 Å². The first-order valence-corrected chi connectivity index (χ1v) is 6.37. The van der Waals surface area contributed by atoms with Gasteiger partial charge in [0.25, 0.3) is 11.5 Å². The van der Waals surface area contributed by atoms with Gasteiger partial charge in [0.05, 0.1) is 11.3 Å². The van der Waals surface area contributed by atoms with Crippen molar-refractivity contribution in [2.45, 2.75) is 0 Å². The second-order valence-corrected chi connectivity index (χ2v) is 4.79. The lowest BCUT2D eigenvalue weighted by Crippen LogP contribution is -2.22. The van der Waals surface area contributed by atoms with Gasteiger partial charge in [0.1, 0.15) is 10.8 Å². The number of aromatic nitrogens is 1. The summed E-state index contributed by atoms with van der Waals surface area (Å²) >= 11 is 4.78. The van der Waals surface area contributed by atoms with Crippen LogP contribution < -0.4 is 16.6 Å². The molecule has 1 amide bonds. The number of nitrogens with one attached hydrogen (secondary N) is 1. The molecule has 0 bridgehead atoms. The number of nitrogens with two attached hydrogens (primary N) is 1. The van der Waals surface area contributed by atoms with Crippen molar-refractivity contribution in [3.63, 3.8) is 0 Å². The SMILES string of the molecule is Cn1ccc(C(=O)Nc2cccc(F)c2C(N)=S)cc1=O. The molecule has 0 aliphatic heterocycles. The molecule has 0 aliphatic carbocycles. The van der Waals surface area contributed by atoms with Crippen molar-refractivity contribution < 1.29 is 9.18 Å². The molecule has 3 N–H and O–H groups in total. The summed E-state index contributed by atoms with van der Waals surface area (Å²) in [4.78, 5) is 23.4. The summed E-state index contributed by atoms with van der Waals surface area (Å²) in [5, 5.41) is 2.50. The van der Waals surface area contributed by atoms with Crippen LogP contribution in [-0.4, -0.2) is 15.5 Å². The zero-order valence-corrected chi connectivity index (χ0v) is 11.9. The van der Waals surface area contributed by atoms with Crippen LogP contribution in [0.15, 0.2) is 41.3 Å². The third-order valence-corrected chi connectivity index (χ3v) is 3.08. The lowest BCUT2D eigenvalue weighted by Gasteiger charge is -2.11. The number of hydrogen-bond donors (Lipinski definition) is 2. The van der Waals surface area contributed by atoms with Gasteiger partial charge in [0, 0.05) is 24.9 Å². The fourth-order valence-corrected chi connectivity index (χ4v) is 1.97. The predicted octanol–water partition coefficient (Wildman–Crippen LogP) is 1.41. The summed E-state index contributed by atoms with van der Waals surface area (Å²) in [6, 6.07) is 6.78.